The molecule has 0 atom stereocenters. The number of aryl methyl sites for hydroxylation is 1. The molecule has 1 fully saturated rings. The number of rotatable bonds is 1. The van der Waals surface area contributed by atoms with Crippen molar-refractivity contribution in [2.24, 2.45) is 4.99 Å². The van der Waals surface area contributed by atoms with Crippen LogP contribution < -0.4 is 10.1 Å². The molecule has 2 aliphatic heterocycles. The summed E-state index contributed by atoms with van der Waals surface area (Å²) < 4.78 is 6.14. The Morgan fingerprint density at radius 1 is 0.969 bits per heavy atom. The Bertz CT molecular complexity index is 1200. The fraction of sp³-hybridized carbons (Fsp3) is 0.200. The fourth-order valence-electron chi connectivity index (χ4n) is 3.95. The van der Waals surface area contributed by atoms with Crippen LogP contribution in [-0.2, 0) is 0 Å². The van der Waals surface area contributed by atoms with E-state index in [1.54, 1.807) is 6.07 Å². The molecule has 1 N–H and O–H groups in total. The lowest BCUT2D eigenvalue weighted by Gasteiger charge is -2.36. The number of aliphatic imine (C=N–C) groups is 1. The van der Waals surface area contributed by atoms with Gasteiger partial charge in [0.2, 0.25) is 0 Å². The van der Waals surface area contributed by atoms with Gasteiger partial charge in [0.15, 0.2) is 5.75 Å². The number of anilines is 1. The second-order valence-corrected chi connectivity index (χ2v) is 8.30. The average molecular weight is 447 g/mol. The Morgan fingerprint density at radius 2 is 1.69 bits per heavy atom. The molecule has 0 saturated carbocycles. The Kier molecular flexibility index (Phi) is 5.45. The zero-order chi connectivity index (χ0) is 22.1. The number of benzene rings is 3. The molecule has 0 radical (unpaired) electrons. The van der Waals surface area contributed by atoms with Crippen LogP contribution in [0.3, 0.4) is 0 Å². The zero-order valence-corrected chi connectivity index (χ0v) is 18.5. The van der Waals surface area contributed by atoms with Crippen LogP contribution in [0.4, 0.5) is 16.2 Å². The van der Waals surface area contributed by atoms with Crippen molar-refractivity contribution in [2.45, 2.75) is 6.92 Å². The molecule has 32 heavy (non-hydrogen) atoms. The van der Waals surface area contributed by atoms with Crippen molar-refractivity contribution < 1.29 is 9.53 Å². The minimum Gasteiger partial charge on any atom is -0.454 e. The number of para-hydroxylation sites is 3. The molecular formula is C25H23ClN4O2. The second-order valence-electron chi connectivity index (χ2n) is 7.86. The Balaban J connectivity index is 1.34. The van der Waals surface area contributed by atoms with Crippen molar-refractivity contribution in [1.82, 2.24) is 9.80 Å². The summed E-state index contributed by atoms with van der Waals surface area (Å²) in [4.78, 5) is 21.8. The lowest BCUT2D eigenvalue weighted by atomic mass is 10.1. The van der Waals surface area contributed by atoms with Crippen LogP contribution in [0, 0.1) is 6.92 Å². The number of amidine groups is 1. The molecule has 0 bridgehead atoms. The van der Waals surface area contributed by atoms with E-state index < -0.39 is 0 Å². The van der Waals surface area contributed by atoms with Crippen molar-refractivity contribution in [3.8, 4) is 11.5 Å². The Hall–Kier alpha value is -3.51. The standard InChI is InChI=1S/C25H23ClN4O2/c1-17-10-11-18(26)16-21(17)28-25(31)30-14-12-29(13-15-30)24-19-6-2-4-8-22(19)32-23-9-5-3-7-20(23)27-24/h2-11,16H,12-15H2,1H3,(H,28,31). The van der Waals surface area contributed by atoms with Gasteiger partial charge in [-0.05, 0) is 48.9 Å². The molecule has 6 nitrogen and oxygen atoms in total. The summed E-state index contributed by atoms with van der Waals surface area (Å²) in [7, 11) is 0. The summed E-state index contributed by atoms with van der Waals surface area (Å²) in [6.07, 6.45) is 0. The molecule has 7 heteroatoms. The van der Waals surface area contributed by atoms with Gasteiger partial charge in [-0.25, -0.2) is 9.79 Å². The van der Waals surface area contributed by atoms with Crippen molar-refractivity contribution in [1.29, 1.82) is 0 Å². The highest BCUT2D eigenvalue weighted by molar-refractivity contribution is 6.31. The van der Waals surface area contributed by atoms with Gasteiger partial charge in [0.25, 0.3) is 0 Å². The molecule has 2 heterocycles. The Labute approximate surface area is 192 Å². The number of urea groups is 1. The first-order chi connectivity index (χ1) is 15.6. The monoisotopic (exact) mass is 446 g/mol. The Morgan fingerprint density at radius 3 is 2.50 bits per heavy atom. The van der Waals surface area contributed by atoms with Crippen LogP contribution in [0.15, 0.2) is 71.7 Å². The maximum atomic E-state index is 12.8. The third-order valence-electron chi connectivity index (χ3n) is 5.75. The SMILES string of the molecule is Cc1ccc(Cl)cc1NC(=O)N1CCN(C2=Nc3ccccc3Oc3ccccc32)CC1. The minimum atomic E-state index is -0.119. The first kappa shape index (κ1) is 20.4. The highest BCUT2D eigenvalue weighted by Crippen LogP contribution is 2.37. The van der Waals surface area contributed by atoms with E-state index in [1.807, 2.05) is 72.5 Å². The molecule has 3 aromatic carbocycles. The summed E-state index contributed by atoms with van der Waals surface area (Å²) in [5.74, 6) is 2.40. The predicted octanol–water partition coefficient (Wildman–Crippen LogP) is 5.68. The highest BCUT2D eigenvalue weighted by Gasteiger charge is 2.27. The van der Waals surface area contributed by atoms with Gasteiger partial charge >= 0.3 is 6.03 Å². The molecule has 3 aromatic rings. The number of nitrogens with zero attached hydrogens (tertiary/aromatic N) is 3. The number of nitrogens with one attached hydrogen (secondary N) is 1. The molecule has 0 spiro atoms. The highest BCUT2D eigenvalue weighted by atomic mass is 35.5. The van der Waals surface area contributed by atoms with E-state index in [4.69, 9.17) is 21.3 Å². The fourth-order valence-corrected chi connectivity index (χ4v) is 4.13. The number of carbonyl (C=O) groups is 1. The van der Waals surface area contributed by atoms with Gasteiger partial charge in [-0.3, -0.25) is 0 Å². The predicted molar refractivity (Wildman–Crippen MR) is 128 cm³/mol. The summed E-state index contributed by atoms with van der Waals surface area (Å²) in [6.45, 7) is 4.49. The van der Waals surface area contributed by atoms with Crippen LogP contribution in [0.1, 0.15) is 11.1 Å². The zero-order valence-electron chi connectivity index (χ0n) is 17.7. The van der Waals surface area contributed by atoms with Gasteiger partial charge in [0.1, 0.15) is 17.3 Å². The number of hydrogen-bond donors (Lipinski definition) is 1. The lowest BCUT2D eigenvalue weighted by molar-refractivity contribution is 0.181. The van der Waals surface area contributed by atoms with Crippen LogP contribution >= 0.6 is 11.6 Å². The van der Waals surface area contributed by atoms with Gasteiger partial charge < -0.3 is 19.9 Å². The lowest BCUT2D eigenvalue weighted by Crippen LogP contribution is -2.51. The van der Waals surface area contributed by atoms with Crippen LogP contribution in [-0.4, -0.2) is 47.8 Å². The number of hydrogen-bond acceptors (Lipinski definition) is 4. The number of ether oxygens (including phenoxy) is 1. The van der Waals surface area contributed by atoms with E-state index in [-0.39, 0.29) is 6.03 Å². The summed E-state index contributed by atoms with van der Waals surface area (Å²) in [6, 6.07) is 21.1. The summed E-state index contributed by atoms with van der Waals surface area (Å²) >= 11 is 6.09. The maximum absolute atomic E-state index is 12.8. The maximum Gasteiger partial charge on any atom is 0.321 e. The first-order valence-electron chi connectivity index (χ1n) is 10.6. The van der Waals surface area contributed by atoms with Gasteiger partial charge in [-0.15, -0.1) is 0 Å². The van der Waals surface area contributed by atoms with Crippen molar-refractivity contribution in [3.63, 3.8) is 0 Å². The summed E-state index contributed by atoms with van der Waals surface area (Å²) in [5, 5.41) is 3.59. The molecule has 162 valence electrons. The molecule has 0 aromatic heterocycles. The number of fused-ring (bicyclic) bond motifs is 2. The van der Waals surface area contributed by atoms with Crippen molar-refractivity contribution in [2.75, 3.05) is 31.5 Å². The topological polar surface area (TPSA) is 57.2 Å². The number of amides is 2. The van der Waals surface area contributed by atoms with E-state index >= 15 is 0 Å². The van der Waals surface area contributed by atoms with Gasteiger partial charge in [0, 0.05) is 36.9 Å². The minimum absolute atomic E-state index is 0.119. The third kappa shape index (κ3) is 4.01. The van der Waals surface area contributed by atoms with Crippen LogP contribution in [0.5, 0.6) is 11.5 Å². The van der Waals surface area contributed by atoms with E-state index in [0.717, 1.165) is 39.8 Å². The quantitative estimate of drug-likeness (QED) is 0.523. The van der Waals surface area contributed by atoms with E-state index in [9.17, 15) is 4.79 Å². The number of carbonyl (C=O) groups excluding carboxylic acids is 1. The van der Waals surface area contributed by atoms with Crippen LogP contribution in [0.25, 0.3) is 0 Å². The third-order valence-corrected chi connectivity index (χ3v) is 5.98. The first-order valence-corrected chi connectivity index (χ1v) is 11.0. The number of halogens is 1. The molecule has 1 saturated heterocycles. The molecule has 2 amide bonds. The normalized spacial score (nSPS) is 15.1. The smallest absolute Gasteiger partial charge is 0.321 e. The van der Waals surface area contributed by atoms with Crippen molar-refractivity contribution in [3.05, 3.63) is 82.9 Å². The van der Waals surface area contributed by atoms with Gasteiger partial charge in [0.05, 0.1) is 5.56 Å². The largest absolute Gasteiger partial charge is 0.454 e. The van der Waals surface area contributed by atoms with E-state index in [1.165, 1.54) is 0 Å². The van der Waals surface area contributed by atoms with Gasteiger partial charge in [-0.2, -0.15) is 0 Å². The molecule has 0 aliphatic carbocycles. The average Bonchev–Trinajstić information content (AvgIpc) is 2.98. The van der Waals surface area contributed by atoms with Gasteiger partial charge in [-0.1, -0.05) is 41.9 Å². The molecule has 0 unspecified atom stereocenters. The second kappa shape index (κ2) is 8.55. The molecular weight excluding hydrogens is 424 g/mol. The van der Waals surface area contributed by atoms with E-state index in [2.05, 4.69) is 10.2 Å². The van der Waals surface area contributed by atoms with Crippen molar-refractivity contribution >= 4 is 34.8 Å². The van der Waals surface area contributed by atoms with E-state index in [0.29, 0.717) is 31.2 Å². The van der Waals surface area contributed by atoms with Crippen LogP contribution in [0.2, 0.25) is 5.02 Å². The molecule has 2 aliphatic rings. The number of piperazine rings is 1. The molecule has 5 rings (SSSR count). The summed E-state index contributed by atoms with van der Waals surface area (Å²) in [5.41, 5.74) is 3.47.